The van der Waals surface area contributed by atoms with Crippen LogP contribution in [0.1, 0.15) is 49.9 Å². The van der Waals surface area contributed by atoms with Gasteiger partial charge in [0.1, 0.15) is 0 Å². The average Bonchev–Trinajstić information content (AvgIpc) is 2.79. The molecule has 0 unspecified atom stereocenters. The van der Waals surface area contributed by atoms with Crippen LogP contribution in [0.15, 0.2) is 24.3 Å². The van der Waals surface area contributed by atoms with E-state index in [1.165, 1.54) is 42.3 Å². The first-order valence-electron chi connectivity index (χ1n) is 7.23. The lowest BCUT2D eigenvalue weighted by atomic mass is 9.96. The van der Waals surface area contributed by atoms with Crippen molar-refractivity contribution in [3.05, 3.63) is 35.5 Å². The summed E-state index contributed by atoms with van der Waals surface area (Å²) in [5, 5.41) is 5.09. The van der Waals surface area contributed by atoms with Gasteiger partial charge < -0.3 is 10.3 Å². The monoisotopic (exact) mass is 242 g/mol. The number of aromatic amines is 1. The molecule has 2 N–H and O–H groups in total. The highest BCUT2D eigenvalue weighted by Gasteiger charge is 2.22. The van der Waals surface area contributed by atoms with Crippen LogP contribution in [0.25, 0.3) is 10.9 Å². The number of H-pyrrole nitrogens is 1. The fraction of sp³-hybridized carbons (Fsp3) is 0.500. The van der Waals surface area contributed by atoms with Crippen molar-refractivity contribution in [1.29, 1.82) is 0 Å². The molecule has 0 fully saturated rings. The van der Waals surface area contributed by atoms with Gasteiger partial charge in [0.25, 0.3) is 0 Å². The van der Waals surface area contributed by atoms with Gasteiger partial charge in [0.15, 0.2) is 0 Å². The van der Waals surface area contributed by atoms with Gasteiger partial charge in [0, 0.05) is 22.6 Å². The molecule has 0 amide bonds. The summed E-state index contributed by atoms with van der Waals surface area (Å²) in [6, 6.07) is 9.23. The summed E-state index contributed by atoms with van der Waals surface area (Å²) in [7, 11) is 0. The molecule has 0 saturated heterocycles. The zero-order chi connectivity index (χ0) is 12.4. The van der Waals surface area contributed by atoms with E-state index in [2.05, 4.69) is 41.5 Å². The third-order valence-corrected chi connectivity index (χ3v) is 4.06. The number of fused-ring (bicyclic) bond motifs is 3. The first-order chi connectivity index (χ1) is 8.90. The number of para-hydroxylation sites is 1. The molecule has 1 aliphatic heterocycles. The number of unbranched alkanes of at least 4 members (excludes halogenated alkanes) is 2. The van der Waals surface area contributed by atoms with Crippen molar-refractivity contribution in [2.75, 3.05) is 6.54 Å². The average molecular weight is 242 g/mol. The van der Waals surface area contributed by atoms with Crippen LogP contribution in [0.4, 0.5) is 0 Å². The Hall–Kier alpha value is -1.28. The van der Waals surface area contributed by atoms with Gasteiger partial charge in [-0.3, -0.25) is 0 Å². The molecule has 0 saturated carbocycles. The summed E-state index contributed by atoms with van der Waals surface area (Å²) in [6.45, 7) is 3.38. The van der Waals surface area contributed by atoms with Crippen molar-refractivity contribution in [3.8, 4) is 0 Å². The molecule has 0 bridgehead atoms. The maximum atomic E-state index is 3.66. The molecule has 2 heteroatoms. The minimum atomic E-state index is 0.535. The van der Waals surface area contributed by atoms with Gasteiger partial charge in [-0.2, -0.15) is 0 Å². The highest BCUT2D eigenvalue weighted by molar-refractivity contribution is 5.85. The lowest BCUT2D eigenvalue weighted by Crippen LogP contribution is -2.29. The molecular weight excluding hydrogens is 220 g/mol. The summed E-state index contributed by atoms with van der Waals surface area (Å²) < 4.78 is 0. The van der Waals surface area contributed by atoms with Gasteiger partial charge in [-0.15, -0.1) is 0 Å². The standard InChI is InChI=1S/C16H22N2/c1-2-3-4-9-15-16-13(10-11-17-15)12-7-5-6-8-14(12)18-16/h5-8,15,17-18H,2-4,9-11H2,1H3/t15-/m0/s1. The van der Waals surface area contributed by atoms with Gasteiger partial charge >= 0.3 is 0 Å². The van der Waals surface area contributed by atoms with E-state index in [9.17, 15) is 0 Å². The van der Waals surface area contributed by atoms with Crippen molar-refractivity contribution in [3.63, 3.8) is 0 Å². The first kappa shape index (κ1) is 11.8. The van der Waals surface area contributed by atoms with Crippen molar-refractivity contribution in [2.45, 2.75) is 45.1 Å². The minimum absolute atomic E-state index is 0.535. The Kier molecular flexibility index (Phi) is 3.37. The zero-order valence-electron chi connectivity index (χ0n) is 11.1. The maximum Gasteiger partial charge on any atom is 0.0476 e. The topological polar surface area (TPSA) is 27.8 Å². The van der Waals surface area contributed by atoms with Crippen molar-refractivity contribution < 1.29 is 0 Å². The number of hydrogen-bond acceptors (Lipinski definition) is 1. The molecule has 96 valence electrons. The molecule has 0 aliphatic carbocycles. The third-order valence-electron chi connectivity index (χ3n) is 4.06. The van der Waals surface area contributed by atoms with E-state index in [-0.39, 0.29) is 0 Å². The molecule has 1 aromatic carbocycles. The quantitative estimate of drug-likeness (QED) is 0.781. The molecule has 18 heavy (non-hydrogen) atoms. The number of aromatic nitrogens is 1. The van der Waals surface area contributed by atoms with Gasteiger partial charge in [-0.25, -0.2) is 0 Å². The molecule has 3 rings (SSSR count). The molecule has 0 radical (unpaired) electrons. The number of benzene rings is 1. The SMILES string of the molecule is CCCCC[C@@H]1NCCc2c1[nH]c1ccccc21. The maximum absolute atomic E-state index is 3.66. The lowest BCUT2D eigenvalue weighted by molar-refractivity contribution is 0.448. The Balaban J connectivity index is 1.90. The molecular formula is C16H22N2. The first-order valence-corrected chi connectivity index (χ1v) is 7.23. The van der Waals surface area contributed by atoms with E-state index in [1.54, 1.807) is 5.56 Å². The fourth-order valence-electron chi connectivity index (χ4n) is 3.11. The highest BCUT2D eigenvalue weighted by atomic mass is 15.0. The van der Waals surface area contributed by atoms with Crippen LogP contribution in [0, 0.1) is 0 Å². The predicted octanol–water partition coefficient (Wildman–Crippen LogP) is 3.94. The van der Waals surface area contributed by atoms with Gasteiger partial charge in [-0.1, -0.05) is 44.4 Å². The van der Waals surface area contributed by atoms with Crippen molar-refractivity contribution >= 4 is 10.9 Å². The number of rotatable bonds is 4. The highest BCUT2D eigenvalue weighted by Crippen LogP contribution is 2.32. The molecule has 1 atom stereocenters. The van der Waals surface area contributed by atoms with Crippen LogP contribution in [0.2, 0.25) is 0 Å². The summed E-state index contributed by atoms with van der Waals surface area (Å²) in [5.41, 5.74) is 4.29. The third kappa shape index (κ3) is 2.05. The van der Waals surface area contributed by atoms with Gasteiger partial charge in [0.2, 0.25) is 0 Å². The van der Waals surface area contributed by atoms with Crippen LogP contribution in [-0.4, -0.2) is 11.5 Å². The fourth-order valence-corrected chi connectivity index (χ4v) is 3.11. The molecule has 1 aromatic heterocycles. The molecule has 1 aliphatic rings. The van der Waals surface area contributed by atoms with Crippen molar-refractivity contribution in [2.24, 2.45) is 0 Å². The summed E-state index contributed by atoms with van der Waals surface area (Å²) in [6.07, 6.45) is 6.38. The summed E-state index contributed by atoms with van der Waals surface area (Å²) in [5.74, 6) is 0. The van der Waals surface area contributed by atoms with Crippen LogP contribution in [0.5, 0.6) is 0 Å². The Morgan fingerprint density at radius 3 is 3.00 bits per heavy atom. The second kappa shape index (κ2) is 5.15. The Bertz CT molecular complexity index is 527. The van der Waals surface area contributed by atoms with E-state index < -0.39 is 0 Å². The number of nitrogens with one attached hydrogen (secondary N) is 2. The predicted molar refractivity (Wildman–Crippen MR) is 76.9 cm³/mol. The Morgan fingerprint density at radius 1 is 1.22 bits per heavy atom. The van der Waals surface area contributed by atoms with E-state index in [0.29, 0.717) is 6.04 Å². The Morgan fingerprint density at radius 2 is 2.11 bits per heavy atom. The normalized spacial score (nSPS) is 19.1. The Labute approximate surface area is 109 Å². The molecule has 2 heterocycles. The van der Waals surface area contributed by atoms with E-state index in [0.717, 1.165) is 13.0 Å². The lowest BCUT2D eigenvalue weighted by Gasteiger charge is -2.24. The van der Waals surface area contributed by atoms with E-state index in [4.69, 9.17) is 0 Å². The number of hydrogen-bond donors (Lipinski definition) is 2. The van der Waals surface area contributed by atoms with Gasteiger partial charge in [0.05, 0.1) is 0 Å². The molecule has 0 spiro atoms. The second-order valence-corrected chi connectivity index (χ2v) is 5.32. The van der Waals surface area contributed by atoms with E-state index >= 15 is 0 Å². The summed E-state index contributed by atoms with van der Waals surface area (Å²) >= 11 is 0. The second-order valence-electron chi connectivity index (χ2n) is 5.32. The molecule has 2 aromatic rings. The van der Waals surface area contributed by atoms with Crippen LogP contribution in [-0.2, 0) is 6.42 Å². The zero-order valence-corrected chi connectivity index (χ0v) is 11.1. The van der Waals surface area contributed by atoms with Crippen LogP contribution in [0.3, 0.4) is 0 Å². The van der Waals surface area contributed by atoms with Gasteiger partial charge in [-0.05, 0) is 31.0 Å². The minimum Gasteiger partial charge on any atom is -0.357 e. The van der Waals surface area contributed by atoms with Crippen LogP contribution >= 0.6 is 0 Å². The smallest absolute Gasteiger partial charge is 0.0476 e. The summed E-state index contributed by atoms with van der Waals surface area (Å²) in [4.78, 5) is 3.63. The van der Waals surface area contributed by atoms with Crippen molar-refractivity contribution in [1.82, 2.24) is 10.3 Å². The molecule has 2 nitrogen and oxygen atoms in total. The largest absolute Gasteiger partial charge is 0.357 e. The van der Waals surface area contributed by atoms with Crippen LogP contribution < -0.4 is 5.32 Å². The van der Waals surface area contributed by atoms with E-state index in [1.807, 2.05) is 0 Å².